The van der Waals surface area contributed by atoms with Gasteiger partial charge in [-0.3, -0.25) is 4.79 Å². The fraction of sp³-hybridized carbons (Fsp3) is 0.238. The molecule has 0 aliphatic rings. The molecule has 0 radical (unpaired) electrons. The SMILES string of the molecule is Cc1noc(C)c1COc1ccc(C(=O)NCCNS(=O)(=O)c2cccc(Cl)c2)cc1. The Bertz CT molecular complexity index is 1140. The molecule has 2 aromatic carbocycles. The van der Waals surface area contributed by atoms with Crippen molar-refractivity contribution in [3.8, 4) is 5.75 Å². The van der Waals surface area contributed by atoms with E-state index < -0.39 is 10.0 Å². The predicted molar refractivity (Wildman–Crippen MR) is 116 cm³/mol. The Hall–Kier alpha value is -2.88. The van der Waals surface area contributed by atoms with E-state index >= 15 is 0 Å². The summed E-state index contributed by atoms with van der Waals surface area (Å²) in [4.78, 5) is 12.3. The van der Waals surface area contributed by atoms with Gasteiger partial charge in [0.2, 0.25) is 10.0 Å². The maximum atomic E-state index is 12.3. The Kier molecular flexibility index (Phi) is 7.32. The largest absolute Gasteiger partial charge is 0.489 e. The number of aromatic nitrogens is 1. The van der Waals surface area contributed by atoms with Crippen LogP contribution in [0.3, 0.4) is 0 Å². The van der Waals surface area contributed by atoms with Crippen molar-refractivity contribution in [3.63, 3.8) is 0 Å². The molecule has 3 aromatic rings. The standard InChI is InChI=1S/C21H22ClN3O5S/c1-14-20(15(2)30-25-14)13-29-18-8-6-16(7-9-18)21(26)23-10-11-24-31(27,28)19-5-3-4-17(22)12-19/h3-9,12,24H,10-11,13H2,1-2H3,(H,23,26). The molecule has 0 saturated carbocycles. The number of aryl methyl sites for hydroxylation is 2. The summed E-state index contributed by atoms with van der Waals surface area (Å²) in [5.41, 5.74) is 2.10. The molecule has 31 heavy (non-hydrogen) atoms. The second kappa shape index (κ2) is 9.95. The van der Waals surface area contributed by atoms with E-state index in [1.165, 1.54) is 12.1 Å². The fourth-order valence-electron chi connectivity index (χ4n) is 2.75. The Balaban J connectivity index is 1.46. The average molecular weight is 464 g/mol. The van der Waals surface area contributed by atoms with Crippen molar-refractivity contribution < 1.29 is 22.5 Å². The first-order chi connectivity index (χ1) is 14.8. The molecule has 0 spiro atoms. The van der Waals surface area contributed by atoms with Crippen LogP contribution in [-0.4, -0.2) is 32.6 Å². The zero-order valence-corrected chi connectivity index (χ0v) is 18.6. The lowest BCUT2D eigenvalue weighted by molar-refractivity contribution is 0.0954. The van der Waals surface area contributed by atoms with E-state index in [-0.39, 0.29) is 23.9 Å². The number of hydrogen-bond donors (Lipinski definition) is 2. The molecule has 1 heterocycles. The van der Waals surface area contributed by atoms with Gasteiger partial charge < -0.3 is 14.6 Å². The average Bonchev–Trinajstić information content (AvgIpc) is 3.07. The van der Waals surface area contributed by atoms with E-state index in [1.54, 1.807) is 36.4 Å². The monoisotopic (exact) mass is 463 g/mol. The van der Waals surface area contributed by atoms with Gasteiger partial charge in [0.05, 0.1) is 16.2 Å². The van der Waals surface area contributed by atoms with E-state index in [0.29, 0.717) is 28.7 Å². The third-order valence-corrected chi connectivity index (χ3v) is 6.18. The van der Waals surface area contributed by atoms with Gasteiger partial charge in [-0.05, 0) is 56.3 Å². The van der Waals surface area contributed by atoms with Gasteiger partial charge in [0.1, 0.15) is 18.1 Å². The number of carbonyl (C=O) groups excluding carboxylic acids is 1. The Labute approximate surface area is 185 Å². The fourth-order valence-corrected chi connectivity index (χ4v) is 4.08. The number of amides is 1. The third-order valence-electron chi connectivity index (χ3n) is 4.49. The number of nitrogens with zero attached hydrogens (tertiary/aromatic N) is 1. The molecular formula is C21H22ClN3O5S. The van der Waals surface area contributed by atoms with Crippen LogP contribution in [0, 0.1) is 13.8 Å². The quantitative estimate of drug-likeness (QED) is 0.471. The molecule has 1 aromatic heterocycles. The minimum atomic E-state index is -3.70. The molecule has 0 bridgehead atoms. The van der Waals surface area contributed by atoms with Gasteiger partial charge in [0, 0.05) is 23.7 Å². The zero-order valence-electron chi connectivity index (χ0n) is 17.0. The van der Waals surface area contributed by atoms with Crippen molar-refractivity contribution in [1.29, 1.82) is 0 Å². The summed E-state index contributed by atoms with van der Waals surface area (Å²) in [7, 11) is -3.70. The number of carbonyl (C=O) groups is 1. The van der Waals surface area contributed by atoms with Crippen molar-refractivity contribution in [2.45, 2.75) is 25.3 Å². The van der Waals surface area contributed by atoms with E-state index in [2.05, 4.69) is 15.2 Å². The maximum Gasteiger partial charge on any atom is 0.251 e. The summed E-state index contributed by atoms with van der Waals surface area (Å²) in [6.45, 7) is 4.15. The minimum Gasteiger partial charge on any atom is -0.489 e. The number of nitrogens with one attached hydrogen (secondary N) is 2. The summed E-state index contributed by atoms with van der Waals surface area (Å²) in [5.74, 6) is 0.990. The molecule has 2 N–H and O–H groups in total. The van der Waals surface area contributed by atoms with Crippen LogP contribution in [0.25, 0.3) is 0 Å². The molecule has 3 rings (SSSR count). The van der Waals surface area contributed by atoms with Crippen LogP contribution < -0.4 is 14.8 Å². The van der Waals surface area contributed by atoms with Gasteiger partial charge in [0.25, 0.3) is 5.91 Å². The van der Waals surface area contributed by atoms with Gasteiger partial charge in [-0.15, -0.1) is 0 Å². The van der Waals surface area contributed by atoms with Crippen LogP contribution in [0.1, 0.15) is 27.4 Å². The molecule has 8 nitrogen and oxygen atoms in total. The summed E-state index contributed by atoms with van der Waals surface area (Å²) in [6, 6.07) is 12.6. The molecule has 1 amide bonds. The highest BCUT2D eigenvalue weighted by molar-refractivity contribution is 7.89. The van der Waals surface area contributed by atoms with E-state index in [1.807, 2.05) is 13.8 Å². The number of sulfonamides is 1. The van der Waals surface area contributed by atoms with E-state index in [9.17, 15) is 13.2 Å². The van der Waals surface area contributed by atoms with E-state index in [0.717, 1.165) is 11.3 Å². The molecule has 164 valence electrons. The van der Waals surface area contributed by atoms with Crippen LogP contribution in [0.2, 0.25) is 5.02 Å². The highest BCUT2D eigenvalue weighted by atomic mass is 35.5. The van der Waals surface area contributed by atoms with Crippen LogP contribution in [0.4, 0.5) is 0 Å². The highest BCUT2D eigenvalue weighted by Gasteiger charge is 2.14. The van der Waals surface area contributed by atoms with Crippen molar-refractivity contribution in [2.75, 3.05) is 13.1 Å². The highest BCUT2D eigenvalue weighted by Crippen LogP contribution is 2.18. The van der Waals surface area contributed by atoms with Crippen molar-refractivity contribution >= 4 is 27.5 Å². The number of hydrogen-bond acceptors (Lipinski definition) is 6. The molecule has 10 heteroatoms. The van der Waals surface area contributed by atoms with Crippen LogP contribution in [0.5, 0.6) is 5.75 Å². The predicted octanol–water partition coefficient (Wildman–Crippen LogP) is 3.23. The molecule has 0 unspecified atom stereocenters. The van der Waals surface area contributed by atoms with E-state index in [4.69, 9.17) is 20.9 Å². The first-order valence-electron chi connectivity index (χ1n) is 9.44. The number of ether oxygens (including phenoxy) is 1. The Morgan fingerprint density at radius 1 is 1.13 bits per heavy atom. The second-order valence-electron chi connectivity index (χ2n) is 6.73. The molecule has 0 aliphatic heterocycles. The van der Waals surface area contributed by atoms with Crippen LogP contribution in [-0.2, 0) is 16.6 Å². The maximum absolute atomic E-state index is 12.3. The summed E-state index contributed by atoms with van der Waals surface area (Å²) >= 11 is 5.83. The molecular weight excluding hydrogens is 442 g/mol. The van der Waals surface area contributed by atoms with Gasteiger partial charge >= 0.3 is 0 Å². The lowest BCUT2D eigenvalue weighted by Gasteiger charge is -2.09. The lowest BCUT2D eigenvalue weighted by Crippen LogP contribution is -2.34. The van der Waals surface area contributed by atoms with Gasteiger partial charge in [-0.2, -0.15) is 0 Å². The second-order valence-corrected chi connectivity index (χ2v) is 8.93. The van der Waals surface area contributed by atoms with Crippen molar-refractivity contribution in [3.05, 3.63) is 76.1 Å². The zero-order chi connectivity index (χ0) is 22.4. The smallest absolute Gasteiger partial charge is 0.251 e. The molecule has 0 aliphatic carbocycles. The van der Waals surface area contributed by atoms with Crippen LogP contribution in [0.15, 0.2) is 57.9 Å². The normalized spacial score (nSPS) is 11.3. The first-order valence-corrected chi connectivity index (χ1v) is 11.3. The molecule has 0 saturated heterocycles. The number of benzene rings is 2. The Morgan fingerprint density at radius 2 is 1.87 bits per heavy atom. The first kappa shape index (κ1) is 22.8. The topological polar surface area (TPSA) is 111 Å². The van der Waals surface area contributed by atoms with Gasteiger partial charge in [-0.25, -0.2) is 13.1 Å². The van der Waals surface area contributed by atoms with Gasteiger partial charge in [0.15, 0.2) is 0 Å². The van der Waals surface area contributed by atoms with Gasteiger partial charge in [-0.1, -0.05) is 22.8 Å². The number of rotatable bonds is 9. The molecule has 0 fully saturated rings. The minimum absolute atomic E-state index is 0.0409. The van der Waals surface area contributed by atoms with Crippen molar-refractivity contribution in [1.82, 2.24) is 15.2 Å². The summed E-state index contributed by atoms with van der Waals surface area (Å²) < 4.78 is 37.7. The molecule has 0 atom stereocenters. The number of halogens is 1. The lowest BCUT2D eigenvalue weighted by atomic mass is 10.2. The van der Waals surface area contributed by atoms with Crippen LogP contribution >= 0.6 is 11.6 Å². The third kappa shape index (κ3) is 6.06. The summed E-state index contributed by atoms with van der Waals surface area (Å²) in [5, 5.41) is 6.88. The van der Waals surface area contributed by atoms with Crippen molar-refractivity contribution in [2.24, 2.45) is 0 Å². The summed E-state index contributed by atoms with van der Waals surface area (Å²) in [6.07, 6.45) is 0. The Morgan fingerprint density at radius 3 is 2.52 bits per heavy atom.